The zero-order valence-electron chi connectivity index (χ0n) is 8.53. The smallest absolute Gasteiger partial charge is 0.277 e. The third-order valence-electron chi connectivity index (χ3n) is 1.95. The fourth-order valence-electron chi connectivity index (χ4n) is 1.20. The zero-order chi connectivity index (χ0) is 11.5. The van der Waals surface area contributed by atoms with Crippen molar-refractivity contribution in [1.82, 2.24) is 4.98 Å². The molecule has 0 saturated carbocycles. The Morgan fingerprint density at radius 1 is 1.38 bits per heavy atom. The molecule has 2 aromatic rings. The second kappa shape index (κ2) is 4.14. The second-order valence-electron chi connectivity index (χ2n) is 3.21. The van der Waals surface area contributed by atoms with Crippen LogP contribution in [-0.2, 0) is 0 Å². The van der Waals surface area contributed by atoms with E-state index in [1.165, 1.54) is 30.5 Å². The largest absolute Gasteiger partial charge is 0.448 e. The number of benzene rings is 1. The van der Waals surface area contributed by atoms with Crippen LogP contribution in [0, 0.1) is 12.7 Å². The Morgan fingerprint density at radius 2 is 2.06 bits per heavy atom. The molecular weight excluding hydrogens is 211 g/mol. The first-order valence-corrected chi connectivity index (χ1v) is 4.64. The Hall–Kier alpha value is -2.17. The molecule has 5 heteroatoms. The molecule has 4 nitrogen and oxygen atoms in total. The van der Waals surface area contributed by atoms with E-state index >= 15 is 0 Å². The molecule has 1 heterocycles. The zero-order valence-corrected chi connectivity index (χ0v) is 8.53. The number of carbonyl (C=O) groups excluding carboxylic acids is 1. The van der Waals surface area contributed by atoms with E-state index in [4.69, 9.17) is 4.42 Å². The first-order chi connectivity index (χ1) is 7.65. The lowest BCUT2D eigenvalue weighted by molar-refractivity contribution is 0.102. The van der Waals surface area contributed by atoms with Crippen LogP contribution in [-0.4, -0.2) is 10.9 Å². The monoisotopic (exact) mass is 220 g/mol. The Morgan fingerprint density at radius 3 is 2.62 bits per heavy atom. The van der Waals surface area contributed by atoms with Crippen LogP contribution in [0.1, 0.15) is 16.4 Å². The maximum absolute atomic E-state index is 12.6. The summed E-state index contributed by atoms with van der Waals surface area (Å²) in [5.74, 6) is -0.317. The lowest BCUT2D eigenvalue weighted by Gasteiger charge is -2.01. The summed E-state index contributed by atoms with van der Waals surface area (Å²) in [6, 6.07) is 5.48. The second-order valence-corrected chi connectivity index (χ2v) is 3.21. The number of amides is 1. The highest BCUT2D eigenvalue weighted by molar-refractivity contribution is 6.02. The van der Waals surface area contributed by atoms with E-state index in [1.54, 1.807) is 6.92 Å². The summed E-state index contributed by atoms with van der Waals surface area (Å²) in [7, 11) is 0. The van der Waals surface area contributed by atoms with E-state index < -0.39 is 0 Å². The van der Waals surface area contributed by atoms with E-state index in [0.717, 1.165) is 0 Å². The molecule has 0 fully saturated rings. The molecule has 0 aliphatic heterocycles. The molecule has 16 heavy (non-hydrogen) atoms. The Bertz CT molecular complexity index is 505. The molecule has 1 amide bonds. The summed E-state index contributed by atoms with van der Waals surface area (Å²) >= 11 is 0. The molecular formula is C11H9FN2O2. The molecule has 1 aromatic heterocycles. The van der Waals surface area contributed by atoms with Crippen molar-refractivity contribution in [2.24, 2.45) is 0 Å². The van der Waals surface area contributed by atoms with Gasteiger partial charge in [-0.15, -0.1) is 0 Å². The normalized spacial score (nSPS) is 10.1. The van der Waals surface area contributed by atoms with Crippen molar-refractivity contribution in [2.45, 2.75) is 6.92 Å². The van der Waals surface area contributed by atoms with Gasteiger partial charge in [0, 0.05) is 12.6 Å². The summed E-state index contributed by atoms with van der Waals surface area (Å²) in [4.78, 5) is 15.5. The fourth-order valence-corrected chi connectivity index (χ4v) is 1.20. The van der Waals surface area contributed by atoms with E-state index in [0.29, 0.717) is 11.6 Å². The average Bonchev–Trinajstić information content (AvgIpc) is 2.68. The predicted molar refractivity (Wildman–Crippen MR) is 55.6 cm³/mol. The number of aromatic nitrogens is 1. The summed E-state index contributed by atoms with van der Waals surface area (Å²) in [6.07, 6.45) is 1.27. The number of hydrogen-bond acceptors (Lipinski definition) is 3. The molecule has 0 unspecified atom stereocenters. The quantitative estimate of drug-likeness (QED) is 0.845. The van der Waals surface area contributed by atoms with Crippen molar-refractivity contribution in [2.75, 3.05) is 5.32 Å². The number of nitrogens with zero attached hydrogens (tertiary/aromatic N) is 1. The Balaban J connectivity index is 2.10. The first kappa shape index (κ1) is 10.4. The van der Waals surface area contributed by atoms with E-state index in [2.05, 4.69) is 10.3 Å². The number of anilines is 1. The van der Waals surface area contributed by atoms with E-state index in [9.17, 15) is 9.18 Å². The minimum absolute atomic E-state index is 0.196. The molecule has 0 atom stereocenters. The average molecular weight is 220 g/mol. The van der Waals surface area contributed by atoms with Gasteiger partial charge in [-0.05, 0) is 24.3 Å². The molecule has 0 radical (unpaired) electrons. The summed E-state index contributed by atoms with van der Waals surface area (Å²) < 4.78 is 17.5. The number of halogens is 1. The van der Waals surface area contributed by atoms with Gasteiger partial charge in [0.25, 0.3) is 5.91 Å². The van der Waals surface area contributed by atoms with Gasteiger partial charge < -0.3 is 9.73 Å². The van der Waals surface area contributed by atoms with Crippen LogP contribution < -0.4 is 5.32 Å². The lowest BCUT2D eigenvalue weighted by Crippen LogP contribution is -2.12. The van der Waals surface area contributed by atoms with Crippen LogP contribution in [0.4, 0.5) is 10.1 Å². The van der Waals surface area contributed by atoms with Crippen LogP contribution in [0.2, 0.25) is 0 Å². The van der Waals surface area contributed by atoms with E-state index in [-0.39, 0.29) is 17.4 Å². The van der Waals surface area contributed by atoms with Crippen molar-refractivity contribution >= 4 is 11.6 Å². The van der Waals surface area contributed by atoms with Gasteiger partial charge in [0.2, 0.25) is 0 Å². The van der Waals surface area contributed by atoms with Crippen molar-refractivity contribution < 1.29 is 13.6 Å². The standard InChI is InChI=1S/C11H9FN2O2/c1-7-13-10(6-16-7)11(15)14-9-4-2-8(12)3-5-9/h2-6H,1H3,(H,14,15). The number of nitrogens with one attached hydrogen (secondary N) is 1. The highest BCUT2D eigenvalue weighted by Gasteiger charge is 2.10. The molecule has 0 aliphatic rings. The minimum Gasteiger partial charge on any atom is -0.448 e. The Labute approximate surface area is 91.1 Å². The number of rotatable bonds is 2. The molecule has 0 saturated heterocycles. The fraction of sp³-hybridized carbons (Fsp3) is 0.0909. The van der Waals surface area contributed by atoms with Gasteiger partial charge in [-0.2, -0.15) is 0 Å². The number of oxazole rings is 1. The van der Waals surface area contributed by atoms with Crippen LogP contribution in [0.3, 0.4) is 0 Å². The third kappa shape index (κ3) is 2.25. The van der Waals surface area contributed by atoms with Crippen LogP contribution in [0.15, 0.2) is 34.9 Å². The number of carbonyl (C=O) groups is 1. The highest BCUT2D eigenvalue weighted by Crippen LogP contribution is 2.10. The van der Waals surface area contributed by atoms with Gasteiger partial charge in [0.15, 0.2) is 11.6 Å². The summed E-state index contributed by atoms with van der Waals surface area (Å²) in [6.45, 7) is 1.65. The molecule has 2 rings (SSSR count). The maximum Gasteiger partial charge on any atom is 0.277 e. The molecule has 1 N–H and O–H groups in total. The first-order valence-electron chi connectivity index (χ1n) is 4.64. The van der Waals surface area contributed by atoms with Gasteiger partial charge in [-0.1, -0.05) is 0 Å². The van der Waals surface area contributed by atoms with Crippen molar-refractivity contribution in [3.05, 3.63) is 47.9 Å². The molecule has 0 spiro atoms. The SMILES string of the molecule is Cc1nc(C(=O)Nc2ccc(F)cc2)co1. The molecule has 0 bridgehead atoms. The Kier molecular flexibility index (Phi) is 2.68. The minimum atomic E-state index is -0.386. The van der Waals surface area contributed by atoms with Gasteiger partial charge in [-0.25, -0.2) is 9.37 Å². The number of hydrogen-bond donors (Lipinski definition) is 1. The van der Waals surface area contributed by atoms with E-state index in [1.807, 2.05) is 0 Å². The molecule has 0 aliphatic carbocycles. The van der Waals surface area contributed by atoms with Gasteiger partial charge >= 0.3 is 0 Å². The lowest BCUT2D eigenvalue weighted by atomic mass is 10.3. The van der Waals surface area contributed by atoms with Crippen molar-refractivity contribution in [3.8, 4) is 0 Å². The highest BCUT2D eigenvalue weighted by atomic mass is 19.1. The summed E-state index contributed by atoms with van der Waals surface area (Å²) in [5.41, 5.74) is 0.703. The van der Waals surface area contributed by atoms with Crippen LogP contribution in [0.25, 0.3) is 0 Å². The topological polar surface area (TPSA) is 55.1 Å². The predicted octanol–water partition coefficient (Wildman–Crippen LogP) is 2.37. The van der Waals surface area contributed by atoms with Crippen molar-refractivity contribution in [1.29, 1.82) is 0 Å². The number of aryl methyl sites for hydroxylation is 1. The molecule has 82 valence electrons. The van der Waals surface area contributed by atoms with Gasteiger partial charge in [-0.3, -0.25) is 4.79 Å². The molecule has 1 aromatic carbocycles. The van der Waals surface area contributed by atoms with Gasteiger partial charge in [0.05, 0.1) is 0 Å². The third-order valence-corrected chi connectivity index (χ3v) is 1.95. The van der Waals surface area contributed by atoms with Gasteiger partial charge in [0.1, 0.15) is 12.1 Å². The van der Waals surface area contributed by atoms with Crippen LogP contribution >= 0.6 is 0 Å². The summed E-state index contributed by atoms with van der Waals surface area (Å²) in [5, 5.41) is 2.57. The van der Waals surface area contributed by atoms with Crippen molar-refractivity contribution in [3.63, 3.8) is 0 Å². The maximum atomic E-state index is 12.6. The van der Waals surface area contributed by atoms with Crippen LogP contribution in [0.5, 0.6) is 0 Å².